The Hall–Kier alpha value is -1.06. The number of carbonyl (C=O) groups is 2. The number of nitrogens with zero attached hydrogens (tertiary/aromatic N) is 1. The van der Waals surface area contributed by atoms with E-state index in [1.165, 1.54) is 4.90 Å². The maximum Gasteiger partial charge on any atom is 0.326 e. The predicted octanol–water partition coefficient (Wildman–Crippen LogP) is 1.59. The van der Waals surface area contributed by atoms with Gasteiger partial charge in [-0.05, 0) is 27.2 Å². The van der Waals surface area contributed by atoms with Crippen LogP contribution in [0.1, 0.15) is 40.5 Å². The molecule has 1 amide bonds. The number of esters is 1. The maximum absolute atomic E-state index is 11.4. The molecule has 15 heavy (non-hydrogen) atoms. The molecule has 0 saturated carbocycles. The zero-order valence-corrected chi connectivity index (χ0v) is 10.3. The van der Waals surface area contributed by atoms with Crippen LogP contribution in [0.25, 0.3) is 0 Å². The minimum Gasteiger partial charge on any atom is -0.459 e. The molecule has 0 aromatic heterocycles. The van der Waals surface area contributed by atoms with E-state index >= 15 is 0 Å². The highest BCUT2D eigenvalue weighted by Crippen LogP contribution is 2.07. The third-order valence-corrected chi connectivity index (χ3v) is 1.68. The number of ether oxygens (including phenoxy) is 1. The van der Waals surface area contributed by atoms with Crippen LogP contribution < -0.4 is 0 Å². The zero-order chi connectivity index (χ0) is 12.1. The van der Waals surface area contributed by atoms with Crippen molar-refractivity contribution in [3.05, 3.63) is 0 Å². The fraction of sp³-hybridized carbons (Fsp3) is 0.818. The van der Waals surface area contributed by atoms with Crippen molar-refractivity contribution in [1.82, 2.24) is 4.90 Å². The third kappa shape index (κ3) is 6.94. The van der Waals surface area contributed by atoms with Gasteiger partial charge >= 0.3 is 5.97 Å². The van der Waals surface area contributed by atoms with Crippen molar-refractivity contribution < 1.29 is 14.3 Å². The first-order valence-corrected chi connectivity index (χ1v) is 5.22. The molecule has 0 saturated heterocycles. The van der Waals surface area contributed by atoms with Gasteiger partial charge in [0.25, 0.3) is 0 Å². The van der Waals surface area contributed by atoms with E-state index < -0.39 is 5.60 Å². The van der Waals surface area contributed by atoms with Crippen LogP contribution in [0.2, 0.25) is 0 Å². The summed E-state index contributed by atoms with van der Waals surface area (Å²) in [6.45, 7) is 7.37. The molecule has 0 unspecified atom stereocenters. The maximum atomic E-state index is 11.4. The summed E-state index contributed by atoms with van der Waals surface area (Å²) in [4.78, 5) is 24.1. The highest BCUT2D eigenvalue weighted by molar-refractivity contribution is 5.81. The monoisotopic (exact) mass is 215 g/mol. The molecule has 0 radical (unpaired) electrons. The molecule has 0 aliphatic carbocycles. The minimum atomic E-state index is -0.494. The Bertz CT molecular complexity index is 230. The number of hydrogen-bond donors (Lipinski definition) is 0. The lowest BCUT2D eigenvalue weighted by Crippen LogP contribution is -2.36. The molecule has 0 spiro atoms. The summed E-state index contributed by atoms with van der Waals surface area (Å²) in [6.07, 6.45) is 1.26. The standard InChI is InChI=1S/C11H21NO3/c1-6-7-9(13)12(5)8-10(14)15-11(2,3)4/h6-8H2,1-5H3. The van der Waals surface area contributed by atoms with Gasteiger partial charge in [0.1, 0.15) is 12.1 Å². The number of carbonyl (C=O) groups excluding carboxylic acids is 2. The molecule has 0 fully saturated rings. The average Bonchev–Trinajstić information content (AvgIpc) is 2.00. The molecule has 0 N–H and O–H groups in total. The van der Waals surface area contributed by atoms with Crippen LogP contribution >= 0.6 is 0 Å². The van der Waals surface area contributed by atoms with E-state index in [-0.39, 0.29) is 18.4 Å². The van der Waals surface area contributed by atoms with Crippen LogP contribution in [-0.4, -0.2) is 36.0 Å². The minimum absolute atomic E-state index is 0.0239. The molecular formula is C11H21NO3. The second kappa shape index (κ2) is 5.73. The average molecular weight is 215 g/mol. The molecule has 0 aliphatic heterocycles. The van der Waals surface area contributed by atoms with Gasteiger partial charge in [-0.2, -0.15) is 0 Å². The Morgan fingerprint density at radius 2 is 1.80 bits per heavy atom. The normalized spacial score (nSPS) is 11.0. The van der Waals surface area contributed by atoms with Gasteiger partial charge in [0.2, 0.25) is 5.91 Å². The van der Waals surface area contributed by atoms with Crippen molar-refractivity contribution in [2.45, 2.75) is 46.1 Å². The summed E-state index contributed by atoms with van der Waals surface area (Å²) < 4.78 is 5.10. The molecule has 0 aromatic rings. The van der Waals surface area contributed by atoms with E-state index in [1.54, 1.807) is 27.8 Å². The van der Waals surface area contributed by atoms with Crippen molar-refractivity contribution in [2.24, 2.45) is 0 Å². The Balaban J connectivity index is 4.02. The molecule has 4 nitrogen and oxygen atoms in total. The van der Waals surface area contributed by atoms with Gasteiger partial charge in [-0.15, -0.1) is 0 Å². The van der Waals surface area contributed by atoms with Gasteiger partial charge in [0.15, 0.2) is 0 Å². The van der Waals surface area contributed by atoms with E-state index in [2.05, 4.69) is 0 Å². The number of rotatable bonds is 4. The molecule has 88 valence electrons. The summed E-state index contributed by atoms with van der Waals surface area (Å²) in [7, 11) is 1.61. The third-order valence-electron chi connectivity index (χ3n) is 1.68. The van der Waals surface area contributed by atoms with E-state index in [9.17, 15) is 9.59 Å². The van der Waals surface area contributed by atoms with Gasteiger partial charge in [0.05, 0.1) is 0 Å². The summed E-state index contributed by atoms with van der Waals surface area (Å²) in [5.74, 6) is -0.391. The molecule has 0 bridgehead atoms. The van der Waals surface area contributed by atoms with Crippen LogP contribution in [0, 0.1) is 0 Å². The first-order valence-electron chi connectivity index (χ1n) is 5.22. The SMILES string of the molecule is CCCC(=O)N(C)CC(=O)OC(C)(C)C. The van der Waals surface area contributed by atoms with Crippen molar-refractivity contribution >= 4 is 11.9 Å². The van der Waals surface area contributed by atoms with Gasteiger partial charge in [0, 0.05) is 13.5 Å². The lowest BCUT2D eigenvalue weighted by Gasteiger charge is -2.22. The van der Waals surface area contributed by atoms with E-state index in [0.717, 1.165) is 6.42 Å². The molecule has 0 atom stereocenters. The molecule has 0 rings (SSSR count). The lowest BCUT2D eigenvalue weighted by molar-refractivity contribution is -0.158. The molecule has 0 aromatic carbocycles. The largest absolute Gasteiger partial charge is 0.459 e. The first-order chi connectivity index (χ1) is 6.76. The van der Waals surface area contributed by atoms with Crippen LogP contribution in [0.3, 0.4) is 0 Å². The fourth-order valence-corrected chi connectivity index (χ4v) is 1.06. The van der Waals surface area contributed by atoms with Crippen molar-refractivity contribution in [3.8, 4) is 0 Å². The van der Waals surface area contributed by atoms with Gasteiger partial charge in [-0.1, -0.05) is 6.92 Å². The quantitative estimate of drug-likeness (QED) is 0.669. The van der Waals surface area contributed by atoms with Crippen LogP contribution in [0.5, 0.6) is 0 Å². The summed E-state index contributed by atoms with van der Waals surface area (Å²) in [5.41, 5.74) is -0.494. The highest BCUT2D eigenvalue weighted by atomic mass is 16.6. The number of amides is 1. The van der Waals surface area contributed by atoms with E-state index in [4.69, 9.17) is 4.74 Å². The summed E-state index contributed by atoms with van der Waals surface area (Å²) in [5, 5.41) is 0. The van der Waals surface area contributed by atoms with E-state index in [0.29, 0.717) is 6.42 Å². The molecular weight excluding hydrogens is 194 g/mol. The zero-order valence-electron chi connectivity index (χ0n) is 10.3. The molecule has 4 heteroatoms. The van der Waals surface area contributed by atoms with Crippen LogP contribution in [0.15, 0.2) is 0 Å². The van der Waals surface area contributed by atoms with Crippen LogP contribution in [-0.2, 0) is 14.3 Å². The lowest BCUT2D eigenvalue weighted by atomic mass is 10.2. The number of likely N-dealkylation sites (N-methyl/N-ethyl adjacent to an activating group) is 1. The molecule has 0 aliphatic rings. The summed E-state index contributed by atoms with van der Waals surface area (Å²) in [6, 6.07) is 0. The van der Waals surface area contributed by atoms with Gasteiger partial charge in [-0.3, -0.25) is 9.59 Å². The Morgan fingerprint density at radius 3 is 2.20 bits per heavy atom. The Kier molecular flexibility index (Phi) is 5.33. The van der Waals surface area contributed by atoms with Gasteiger partial charge < -0.3 is 9.64 Å². The van der Waals surface area contributed by atoms with Crippen LogP contribution in [0.4, 0.5) is 0 Å². The van der Waals surface area contributed by atoms with Crippen molar-refractivity contribution in [3.63, 3.8) is 0 Å². The topological polar surface area (TPSA) is 46.6 Å². The van der Waals surface area contributed by atoms with Gasteiger partial charge in [-0.25, -0.2) is 0 Å². The van der Waals surface area contributed by atoms with Crippen molar-refractivity contribution in [2.75, 3.05) is 13.6 Å². The number of hydrogen-bond acceptors (Lipinski definition) is 3. The van der Waals surface area contributed by atoms with Crippen molar-refractivity contribution in [1.29, 1.82) is 0 Å². The van der Waals surface area contributed by atoms with E-state index in [1.807, 2.05) is 6.92 Å². The predicted molar refractivity (Wildman–Crippen MR) is 58.4 cm³/mol. The second-order valence-electron chi connectivity index (χ2n) is 4.59. The second-order valence-corrected chi connectivity index (χ2v) is 4.59. The Labute approximate surface area is 91.6 Å². The molecule has 0 heterocycles. The first kappa shape index (κ1) is 13.9. The fourth-order valence-electron chi connectivity index (χ4n) is 1.06. The highest BCUT2D eigenvalue weighted by Gasteiger charge is 2.19. The summed E-state index contributed by atoms with van der Waals surface area (Å²) >= 11 is 0. The Morgan fingerprint density at radius 1 is 1.27 bits per heavy atom. The smallest absolute Gasteiger partial charge is 0.326 e.